The van der Waals surface area contributed by atoms with Gasteiger partial charge in [-0.15, -0.1) is 0 Å². The van der Waals surface area contributed by atoms with Crippen LogP contribution in [0.2, 0.25) is 0 Å². The Morgan fingerprint density at radius 1 is 1.43 bits per heavy atom. The molecule has 1 heterocycles. The molecular formula is C11H11BrF2N2O4S. The Bertz CT molecular complexity index is 660. The van der Waals surface area contributed by atoms with Crippen LogP contribution in [0.5, 0.6) is 0 Å². The Labute approximate surface area is 127 Å². The summed E-state index contributed by atoms with van der Waals surface area (Å²) in [5, 5.41) is 11.8. The second-order valence-electron chi connectivity index (χ2n) is 4.37. The number of rotatable bonds is 3. The predicted octanol–water partition coefficient (Wildman–Crippen LogP) is 0.774. The van der Waals surface area contributed by atoms with Crippen LogP contribution in [-0.4, -0.2) is 49.5 Å². The van der Waals surface area contributed by atoms with E-state index in [2.05, 4.69) is 21.2 Å². The van der Waals surface area contributed by atoms with Gasteiger partial charge in [0.25, 0.3) is 0 Å². The van der Waals surface area contributed by atoms with Crippen molar-refractivity contribution >= 4 is 31.9 Å². The van der Waals surface area contributed by atoms with Gasteiger partial charge in [0.1, 0.15) is 22.6 Å². The first-order valence-electron chi connectivity index (χ1n) is 5.85. The lowest BCUT2D eigenvalue weighted by Gasteiger charge is -2.32. The van der Waals surface area contributed by atoms with Crippen molar-refractivity contribution in [3.8, 4) is 0 Å². The fraction of sp³-hybridized carbons (Fsp3) is 0.364. The van der Waals surface area contributed by atoms with E-state index in [9.17, 15) is 22.0 Å². The van der Waals surface area contributed by atoms with Crippen LogP contribution in [0, 0.1) is 11.6 Å². The summed E-state index contributed by atoms with van der Waals surface area (Å²) in [6, 6.07) is -0.0936. The number of aliphatic carboxylic acids is 1. The van der Waals surface area contributed by atoms with E-state index in [0.717, 1.165) is 6.07 Å². The highest BCUT2D eigenvalue weighted by atomic mass is 79.9. The number of halogens is 3. The average molecular weight is 385 g/mol. The number of carboxylic acids is 1. The van der Waals surface area contributed by atoms with Gasteiger partial charge < -0.3 is 10.4 Å². The van der Waals surface area contributed by atoms with Crippen LogP contribution in [-0.2, 0) is 14.8 Å². The van der Waals surface area contributed by atoms with Crippen molar-refractivity contribution < 1.29 is 27.1 Å². The normalized spacial score (nSPS) is 20.4. The molecule has 116 valence electrons. The predicted molar refractivity (Wildman–Crippen MR) is 72.2 cm³/mol. The summed E-state index contributed by atoms with van der Waals surface area (Å²) < 4.78 is 52.3. The van der Waals surface area contributed by atoms with Gasteiger partial charge in [0.2, 0.25) is 10.0 Å². The molecule has 0 saturated carbocycles. The van der Waals surface area contributed by atoms with Crippen molar-refractivity contribution in [2.75, 3.05) is 19.6 Å². The number of carboxylic acid groups (broad SMARTS) is 1. The maximum absolute atomic E-state index is 13.9. The fourth-order valence-electron chi connectivity index (χ4n) is 2.08. The quantitative estimate of drug-likeness (QED) is 0.803. The zero-order chi connectivity index (χ0) is 15.8. The van der Waals surface area contributed by atoms with Crippen molar-refractivity contribution in [2.24, 2.45) is 0 Å². The molecule has 0 aliphatic carbocycles. The first-order chi connectivity index (χ1) is 9.75. The Morgan fingerprint density at radius 3 is 2.67 bits per heavy atom. The highest BCUT2D eigenvalue weighted by molar-refractivity contribution is 9.10. The topological polar surface area (TPSA) is 86.7 Å². The standard InChI is InChI=1S/C11H11BrF2N2O4S/c12-7-3-6(13)4-8(14)10(7)21(19,20)16-2-1-15-5-9(16)11(17)18/h3-4,9,15H,1-2,5H2,(H,17,18). The van der Waals surface area contributed by atoms with Gasteiger partial charge in [0.15, 0.2) is 0 Å². The third-order valence-corrected chi connectivity index (χ3v) is 5.88. The van der Waals surface area contributed by atoms with Crippen LogP contribution in [0.3, 0.4) is 0 Å². The summed E-state index contributed by atoms with van der Waals surface area (Å²) in [4.78, 5) is 10.4. The molecule has 1 unspecified atom stereocenters. The number of piperazine rings is 1. The van der Waals surface area contributed by atoms with Crippen molar-refractivity contribution in [1.29, 1.82) is 0 Å². The molecular weight excluding hydrogens is 374 g/mol. The smallest absolute Gasteiger partial charge is 0.323 e. The second kappa shape index (κ2) is 5.95. The van der Waals surface area contributed by atoms with Gasteiger partial charge in [0.05, 0.1) is 0 Å². The fourth-order valence-corrected chi connectivity index (χ4v) is 4.77. The Hall–Kier alpha value is -1.10. The van der Waals surface area contributed by atoms with Crippen molar-refractivity contribution in [2.45, 2.75) is 10.9 Å². The summed E-state index contributed by atoms with van der Waals surface area (Å²) >= 11 is 2.81. The number of hydrogen-bond acceptors (Lipinski definition) is 4. The van der Waals surface area contributed by atoms with Crippen LogP contribution < -0.4 is 5.32 Å². The number of hydrogen-bond donors (Lipinski definition) is 2. The molecule has 0 bridgehead atoms. The lowest BCUT2D eigenvalue weighted by molar-refractivity contribution is -0.141. The van der Waals surface area contributed by atoms with Crippen molar-refractivity contribution in [3.05, 3.63) is 28.2 Å². The third kappa shape index (κ3) is 3.07. The summed E-state index contributed by atoms with van der Waals surface area (Å²) in [7, 11) is -4.41. The van der Waals surface area contributed by atoms with Crippen LogP contribution in [0.25, 0.3) is 0 Å². The number of nitrogens with zero attached hydrogens (tertiary/aromatic N) is 1. The molecule has 1 atom stereocenters. The third-order valence-electron chi connectivity index (χ3n) is 3.01. The lowest BCUT2D eigenvalue weighted by Crippen LogP contribution is -2.56. The molecule has 10 heteroatoms. The van der Waals surface area contributed by atoms with Gasteiger partial charge in [-0.3, -0.25) is 4.79 Å². The van der Waals surface area contributed by atoms with Crippen LogP contribution in [0.15, 0.2) is 21.5 Å². The van der Waals surface area contributed by atoms with E-state index in [1.165, 1.54) is 0 Å². The van der Waals surface area contributed by atoms with Gasteiger partial charge in [0, 0.05) is 30.2 Å². The largest absolute Gasteiger partial charge is 0.480 e. The van der Waals surface area contributed by atoms with E-state index >= 15 is 0 Å². The summed E-state index contributed by atoms with van der Waals surface area (Å²) in [6.07, 6.45) is 0. The van der Waals surface area contributed by atoms with E-state index in [1.807, 2.05) is 0 Å². The highest BCUT2D eigenvalue weighted by Gasteiger charge is 2.40. The number of sulfonamides is 1. The monoisotopic (exact) mass is 384 g/mol. The summed E-state index contributed by atoms with van der Waals surface area (Å²) in [6.45, 7) is 0.0288. The Kier molecular flexibility index (Phi) is 4.61. The lowest BCUT2D eigenvalue weighted by atomic mass is 10.2. The zero-order valence-corrected chi connectivity index (χ0v) is 12.9. The minimum Gasteiger partial charge on any atom is -0.480 e. The Balaban J connectivity index is 2.53. The molecule has 1 saturated heterocycles. The summed E-state index contributed by atoms with van der Waals surface area (Å²) in [5.74, 6) is -3.55. The zero-order valence-electron chi connectivity index (χ0n) is 10.5. The Morgan fingerprint density at radius 2 is 2.10 bits per heavy atom. The molecule has 0 amide bonds. The van der Waals surface area contributed by atoms with Crippen molar-refractivity contribution in [3.63, 3.8) is 0 Å². The molecule has 1 aliphatic heterocycles. The van der Waals surface area contributed by atoms with Gasteiger partial charge in [-0.05, 0) is 22.0 Å². The molecule has 0 aromatic heterocycles. The minimum absolute atomic E-state index is 0.0883. The summed E-state index contributed by atoms with van der Waals surface area (Å²) in [5.41, 5.74) is 0. The molecule has 1 aromatic rings. The van der Waals surface area contributed by atoms with E-state index in [1.54, 1.807) is 0 Å². The van der Waals surface area contributed by atoms with E-state index in [-0.39, 0.29) is 24.1 Å². The first kappa shape index (κ1) is 16.3. The first-order valence-corrected chi connectivity index (χ1v) is 8.08. The van der Waals surface area contributed by atoms with Gasteiger partial charge >= 0.3 is 5.97 Å². The van der Waals surface area contributed by atoms with Crippen molar-refractivity contribution in [1.82, 2.24) is 9.62 Å². The second-order valence-corrected chi connectivity index (χ2v) is 7.05. The van der Waals surface area contributed by atoms with E-state index in [0.29, 0.717) is 10.4 Å². The van der Waals surface area contributed by atoms with Gasteiger partial charge in [-0.1, -0.05) is 0 Å². The molecule has 2 rings (SSSR count). The molecule has 1 fully saturated rings. The van der Waals surface area contributed by atoms with Gasteiger partial charge in [-0.25, -0.2) is 17.2 Å². The van der Waals surface area contributed by atoms with E-state index < -0.39 is 38.6 Å². The number of benzene rings is 1. The molecule has 1 aliphatic rings. The minimum atomic E-state index is -4.41. The highest BCUT2D eigenvalue weighted by Crippen LogP contribution is 2.30. The van der Waals surface area contributed by atoms with Gasteiger partial charge in [-0.2, -0.15) is 4.31 Å². The average Bonchev–Trinajstić information content (AvgIpc) is 2.37. The molecule has 6 nitrogen and oxygen atoms in total. The number of carbonyl (C=O) groups is 1. The number of nitrogens with one attached hydrogen (secondary N) is 1. The van der Waals surface area contributed by atoms with E-state index in [4.69, 9.17) is 5.11 Å². The maximum atomic E-state index is 13.9. The SMILES string of the molecule is O=C(O)C1CNCCN1S(=O)(=O)c1c(F)cc(F)cc1Br. The molecule has 21 heavy (non-hydrogen) atoms. The molecule has 0 radical (unpaired) electrons. The molecule has 2 N–H and O–H groups in total. The maximum Gasteiger partial charge on any atom is 0.323 e. The molecule has 1 aromatic carbocycles. The van der Waals surface area contributed by atoms with Crippen LogP contribution >= 0.6 is 15.9 Å². The van der Waals surface area contributed by atoms with Crippen LogP contribution in [0.1, 0.15) is 0 Å². The van der Waals surface area contributed by atoms with Crippen LogP contribution in [0.4, 0.5) is 8.78 Å². The molecule has 0 spiro atoms.